The van der Waals surface area contributed by atoms with Gasteiger partial charge in [-0.15, -0.1) is 0 Å². The monoisotopic (exact) mass is 502 g/mol. The van der Waals surface area contributed by atoms with E-state index in [1.165, 1.54) is 0 Å². The first-order valence-corrected chi connectivity index (χ1v) is 13.9. The van der Waals surface area contributed by atoms with Gasteiger partial charge in [0.15, 0.2) is 5.78 Å². The molecule has 0 aromatic rings. The van der Waals surface area contributed by atoms with Gasteiger partial charge in [-0.3, -0.25) is 9.59 Å². The predicted molar refractivity (Wildman–Crippen MR) is 136 cm³/mol. The van der Waals surface area contributed by atoms with Crippen LogP contribution < -0.4 is 0 Å². The molecule has 36 heavy (non-hydrogen) atoms. The molecule has 0 aromatic heterocycles. The molecule has 3 saturated carbocycles. The van der Waals surface area contributed by atoms with Crippen molar-refractivity contribution < 1.29 is 29.6 Å². The van der Waals surface area contributed by atoms with E-state index in [9.17, 15) is 24.9 Å². The number of hydrogen-bond donors (Lipinski definition) is 3. The topological polar surface area (TPSA) is 104 Å². The molecule has 202 valence electrons. The first kappa shape index (κ1) is 26.5. The summed E-state index contributed by atoms with van der Waals surface area (Å²) < 4.78 is 6.56. The van der Waals surface area contributed by atoms with Crippen molar-refractivity contribution in [2.45, 2.75) is 123 Å². The molecule has 10 atom stereocenters. The Morgan fingerprint density at radius 1 is 1.03 bits per heavy atom. The number of allylic oxidation sites excluding steroid dienone is 2. The van der Waals surface area contributed by atoms with Gasteiger partial charge in [-0.2, -0.15) is 0 Å². The minimum atomic E-state index is -1.06. The fourth-order valence-electron chi connectivity index (χ4n) is 10.1. The predicted octanol–water partition coefficient (Wildman–Crippen LogP) is 3.99. The third kappa shape index (κ3) is 3.11. The molecule has 4 aliphatic carbocycles. The highest BCUT2D eigenvalue weighted by atomic mass is 16.5. The van der Waals surface area contributed by atoms with Gasteiger partial charge < -0.3 is 20.1 Å². The van der Waals surface area contributed by atoms with Gasteiger partial charge in [-0.05, 0) is 89.4 Å². The zero-order valence-corrected chi connectivity index (χ0v) is 23.4. The maximum Gasteiger partial charge on any atom is 0.170 e. The Labute approximate surface area is 215 Å². The van der Waals surface area contributed by atoms with Gasteiger partial charge in [0.25, 0.3) is 0 Å². The second-order valence-corrected chi connectivity index (χ2v) is 14.8. The Kier molecular flexibility index (Phi) is 5.54. The highest BCUT2D eigenvalue weighted by molar-refractivity contribution is 5.94. The molecule has 5 aliphatic rings. The highest BCUT2D eigenvalue weighted by Crippen LogP contribution is 2.74. The number of aliphatic hydroxyl groups excluding tert-OH is 2. The lowest BCUT2D eigenvalue weighted by molar-refractivity contribution is -0.195. The lowest BCUT2D eigenvalue weighted by Gasteiger charge is -2.64. The first-order valence-electron chi connectivity index (χ1n) is 13.9. The Bertz CT molecular complexity index is 1020. The third-order valence-electron chi connectivity index (χ3n) is 12.2. The minimum Gasteiger partial charge on any atom is -0.393 e. The van der Waals surface area contributed by atoms with E-state index in [-0.39, 0.29) is 40.8 Å². The smallest absolute Gasteiger partial charge is 0.170 e. The molecule has 1 aliphatic heterocycles. The van der Waals surface area contributed by atoms with Crippen LogP contribution in [0.25, 0.3) is 0 Å². The fraction of sp³-hybridized carbons (Fsp3) is 0.867. The van der Waals surface area contributed by atoms with E-state index in [1.54, 1.807) is 13.8 Å². The van der Waals surface area contributed by atoms with Crippen LogP contribution in [0, 0.1) is 39.4 Å². The summed E-state index contributed by atoms with van der Waals surface area (Å²) in [5.41, 5.74) is -2.87. The lowest BCUT2D eigenvalue weighted by atomic mass is 9.38. The van der Waals surface area contributed by atoms with E-state index in [4.69, 9.17) is 4.74 Å². The highest BCUT2D eigenvalue weighted by Gasteiger charge is 2.74. The van der Waals surface area contributed by atoms with E-state index >= 15 is 0 Å². The Hall–Kier alpha value is -1.08. The zero-order chi connectivity index (χ0) is 26.9. The van der Waals surface area contributed by atoms with Crippen LogP contribution in [-0.2, 0) is 14.3 Å². The molecule has 1 saturated heterocycles. The maximum absolute atomic E-state index is 14.3. The average Bonchev–Trinajstić information content (AvgIpc) is 3.23. The average molecular weight is 503 g/mol. The van der Waals surface area contributed by atoms with Crippen LogP contribution in [0.5, 0.6) is 0 Å². The second-order valence-electron chi connectivity index (χ2n) is 14.8. The molecule has 3 N–H and O–H groups in total. The largest absolute Gasteiger partial charge is 0.393 e. The van der Waals surface area contributed by atoms with Crippen LogP contribution in [0.2, 0.25) is 0 Å². The Morgan fingerprint density at radius 3 is 2.25 bits per heavy atom. The molecule has 0 amide bonds. The van der Waals surface area contributed by atoms with Crippen molar-refractivity contribution in [3.8, 4) is 0 Å². The van der Waals surface area contributed by atoms with Crippen molar-refractivity contribution >= 4 is 11.6 Å². The van der Waals surface area contributed by atoms with Crippen molar-refractivity contribution in [3.05, 3.63) is 11.6 Å². The minimum absolute atomic E-state index is 0.00376. The van der Waals surface area contributed by atoms with Gasteiger partial charge in [0, 0.05) is 23.2 Å². The number of hydrogen-bond acceptors (Lipinski definition) is 6. The summed E-state index contributed by atoms with van der Waals surface area (Å²) >= 11 is 0. The number of Topliss-reactive ketones (excluding diaryl/α,β-unsaturated/α-hetero) is 2. The van der Waals surface area contributed by atoms with E-state index in [0.717, 1.165) is 18.4 Å². The Morgan fingerprint density at radius 2 is 1.67 bits per heavy atom. The molecule has 4 fully saturated rings. The van der Waals surface area contributed by atoms with Crippen LogP contribution in [0.4, 0.5) is 0 Å². The summed E-state index contributed by atoms with van der Waals surface area (Å²) in [6, 6.07) is 0. The van der Waals surface area contributed by atoms with Crippen LogP contribution in [0.1, 0.15) is 93.9 Å². The van der Waals surface area contributed by atoms with Crippen LogP contribution >= 0.6 is 0 Å². The molecule has 1 heterocycles. The molecular formula is C30H46O6. The number of carbonyl (C=O) groups is 2. The van der Waals surface area contributed by atoms with Gasteiger partial charge in [-0.25, -0.2) is 0 Å². The van der Waals surface area contributed by atoms with Crippen molar-refractivity contribution in [1.82, 2.24) is 0 Å². The first-order chi connectivity index (χ1) is 16.3. The van der Waals surface area contributed by atoms with Crippen LogP contribution in [0.15, 0.2) is 11.6 Å². The van der Waals surface area contributed by atoms with Crippen molar-refractivity contribution in [1.29, 1.82) is 0 Å². The number of ether oxygens (including phenoxy) is 1. The van der Waals surface area contributed by atoms with E-state index in [1.807, 2.05) is 13.8 Å². The van der Waals surface area contributed by atoms with Gasteiger partial charge in [0.1, 0.15) is 11.9 Å². The van der Waals surface area contributed by atoms with Gasteiger partial charge in [-0.1, -0.05) is 32.4 Å². The molecule has 5 rings (SSSR count). The normalized spacial score (nSPS) is 52.5. The molecule has 0 bridgehead atoms. The van der Waals surface area contributed by atoms with E-state index in [0.29, 0.717) is 25.7 Å². The molecule has 6 heteroatoms. The summed E-state index contributed by atoms with van der Waals surface area (Å²) in [5.74, 6) is -0.385. The lowest BCUT2D eigenvalue weighted by Crippen LogP contribution is -2.65. The second kappa shape index (κ2) is 7.52. The molecule has 0 spiro atoms. The zero-order valence-electron chi connectivity index (χ0n) is 23.4. The third-order valence-corrected chi connectivity index (χ3v) is 12.2. The van der Waals surface area contributed by atoms with Gasteiger partial charge >= 0.3 is 0 Å². The summed E-state index contributed by atoms with van der Waals surface area (Å²) in [7, 11) is 0. The van der Waals surface area contributed by atoms with Crippen molar-refractivity contribution in [2.75, 3.05) is 0 Å². The van der Waals surface area contributed by atoms with Crippen molar-refractivity contribution in [3.63, 3.8) is 0 Å². The fourth-order valence-corrected chi connectivity index (χ4v) is 10.1. The molecule has 0 radical (unpaired) electrons. The molecule has 0 unspecified atom stereocenters. The van der Waals surface area contributed by atoms with Crippen molar-refractivity contribution in [2.24, 2.45) is 39.4 Å². The van der Waals surface area contributed by atoms with Crippen LogP contribution in [0.3, 0.4) is 0 Å². The van der Waals surface area contributed by atoms with Crippen LogP contribution in [-0.4, -0.2) is 56.4 Å². The number of aliphatic hydroxyl groups is 3. The SMILES string of the molecule is CC1(C)C(=O)[C@@H](O)C[C@@H]2C1=CC[C@@H]1[C@@]2(C)C(=O)C[C@]2(C)[C@@H]([C@]3(C)CC[C@H](C(C)(C)O)O3)[C@H](O)C[C@@]12C. The molecule has 0 aromatic carbocycles. The number of fused-ring (bicyclic) bond motifs is 5. The summed E-state index contributed by atoms with van der Waals surface area (Å²) in [5, 5.41) is 33.0. The van der Waals surface area contributed by atoms with Gasteiger partial charge in [0.05, 0.1) is 23.4 Å². The summed E-state index contributed by atoms with van der Waals surface area (Å²) in [4.78, 5) is 27.2. The Balaban J connectivity index is 1.58. The molecular weight excluding hydrogens is 456 g/mol. The van der Waals surface area contributed by atoms with E-state index < -0.39 is 39.7 Å². The molecule has 6 nitrogen and oxygen atoms in total. The maximum atomic E-state index is 14.3. The van der Waals surface area contributed by atoms with Gasteiger partial charge in [0.2, 0.25) is 0 Å². The standard InChI is InChI=1S/C30H46O6/c1-25(2)16-9-10-20-27(5)14-19(32)23(29(7)12-11-22(36-29)26(3,4)35)28(27,6)15-21(33)30(20,8)17(16)13-18(31)24(25)34/h9,17-20,22-23,31-32,35H,10-15H2,1-8H3/t17-,18+,19-,20+,22-,23+,27+,28-,29+,30+/m1/s1. The number of carbonyl (C=O) groups excluding carboxylic acids is 2. The quantitative estimate of drug-likeness (QED) is 0.493. The summed E-state index contributed by atoms with van der Waals surface area (Å²) in [6.45, 7) is 15.9. The summed E-state index contributed by atoms with van der Waals surface area (Å²) in [6.07, 6.45) is 3.59. The number of rotatable bonds is 2. The van der Waals surface area contributed by atoms with E-state index in [2.05, 4.69) is 33.8 Å². The number of ketones is 2.